The third-order valence-electron chi connectivity index (χ3n) is 4.48. The average Bonchev–Trinajstić information content (AvgIpc) is 2.73. The molecule has 1 aromatic carbocycles. The summed E-state index contributed by atoms with van der Waals surface area (Å²) >= 11 is 0. The highest BCUT2D eigenvalue weighted by molar-refractivity contribution is 7.85. The number of benzene rings is 1. The number of quaternary nitrogens is 1. The molecule has 0 radical (unpaired) electrons. The van der Waals surface area contributed by atoms with Crippen molar-refractivity contribution in [3.05, 3.63) is 29.8 Å². The Labute approximate surface area is 135 Å². The van der Waals surface area contributed by atoms with E-state index < -0.39 is 10.1 Å². The Morgan fingerprint density at radius 2 is 1.45 bits per heavy atom. The molecule has 0 bridgehead atoms. The van der Waals surface area contributed by atoms with E-state index in [0.717, 1.165) is 17.4 Å². The topological polar surface area (TPSA) is 57.2 Å². The molecule has 2 rings (SSSR count). The molecule has 4 nitrogen and oxygen atoms in total. The minimum Gasteiger partial charge on any atom is -0.744 e. The molecule has 0 N–H and O–H groups in total. The number of hydrogen-bond donors (Lipinski definition) is 0. The highest BCUT2D eigenvalue weighted by Crippen LogP contribution is 2.30. The van der Waals surface area contributed by atoms with Crippen LogP contribution in [0.4, 0.5) is 0 Å². The molecular formula is C17H29NO3S. The molecule has 2 atom stereocenters. The number of hydrogen-bond acceptors (Lipinski definition) is 3. The van der Waals surface area contributed by atoms with E-state index in [1.165, 1.54) is 42.5 Å². The number of likely N-dealkylation sites (tertiary alicyclic amines) is 1. The lowest BCUT2D eigenvalue weighted by atomic mass is 9.92. The number of rotatable bonds is 3. The standard InChI is InChI=1S/C10H22N.C7H8O3S/c1-5-9-7-11(3,4)8-10(9)6-2;1-6-2-4-7(5-3-6)11(8,9)10/h9-10H,5-8H2,1-4H3;2-5H,1H3,(H,8,9,10)/q+1;/p-1. The molecule has 0 spiro atoms. The minimum atomic E-state index is -4.27. The fourth-order valence-corrected chi connectivity index (χ4v) is 3.74. The van der Waals surface area contributed by atoms with Gasteiger partial charge in [0, 0.05) is 11.8 Å². The van der Waals surface area contributed by atoms with Gasteiger partial charge in [0.15, 0.2) is 0 Å². The van der Waals surface area contributed by atoms with Gasteiger partial charge in [-0.3, -0.25) is 0 Å². The highest BCUT2D eigenvalue weighted by atomic mass is 32.2. The van der Waals surface area contributed by atoms with Crippen molar-refractivity contribution in [2.75, 3.05) is 27.2 Å². The maximum Gasteiger partial charge on any atom is 0.124 e. The van der Waals surface area contributed by atoms with Crippen LogP contribution in [0.2, 0.25) is 0 Å². The molecule has 0 aromatic heterocycles. The molecule has 1 saturated heterocycles. The van der Waals surface area contributed by atoms with Gasteiger partial charge in [0.25, 0.3) is 0 Å². The molecule has 5 heteroatoms. The van der Waals surface area contributed by atoms with E-state index in [4.69, 9.17) is 0 Å². The molecule has 126 valence electrons. The SMILES string of the molecule is CCC1C[N+](C)(C)CC1CC.Cc1ccc(S(=O)(=O)[O-])cc1. The summed E-state index contributed by atoms with van der Waals surface area (Å²) in [6.07, 6.45) is 2.75. The fourth-order valence-electron chi connectivity index (χ4n) is 3.27. The average molecular weight is 327 g/mol. The molecular weight excluding hydrogens is 298 g/mol. The summed E-state index contributed by atoms with van der Waals surface area (Å²) in [5.41, 5.74) is 0.928. The van der Waals surface area contributed by atoms with Crippen LogP contribution < -0.4 is 0 Å². The summed E-state index contributed by atoms with van der Waals surface area (Å²) in [7, 11) is 0.449. The Hall–Kier alpha value is -0.910. The zero-order chi connectivity index (χ0) is 17.0. The van der Waals surface area contributed by atoms with Crippen LogP contribution >= 0.6 is 0 Å². The second-order valence-electron chi connectivity index (χ2n) is 6.90. The molecule has 0 saturated carbocycles. The van der Waals surface area contributed by atoms with E-state index in [1.807, 2.05) is 6.92 Å². The van der Waals surface area contributed by atoms with Crippen molar-refractivity contribution in [2.45, 2.75) is 38.5 Å². The monoisotopic (exact) mass is 327 g/mol. The third-order valence-corrected chi connectivity index (χ3v) is 5.33. The molecule has 2 unspecified atom stereocenters. The first-order valence-corrected chi connectivity index (χ1v) is 9.34. The van der Waals surface area contributed by atoms with Crippen LogP contribution in [0.25, 0.3) is 0 Å². The molecule has 22 heavy (non-hydrogen) atoms. The van der Waals surface area contributed by atoms with Crippen molar-refractivity contribution in [1.29, 1.82) is 0 Å². The van der Waals surface area contributed by atoms with Crippen molar-refractivity contribution in [3.8, 4) is 0 Å². The van der Waals surface area contributed by atoms with Crippen LogP contribution in [0.15, 0.2) is 29.2 Å². The van der Waals surface area contributed by atoms with Gasteiger partial charge in [-0.05, 0) is 31.9 Å². The van der Waals surface area contributed by atoms with Crippen LogP contribution in [-0.4, -0.2) is 44.6 Å². The predicted octanol–water partition coefficient (Wildman–Crippen LogP) is 3.03. The van der Waals surface area contributed by atoms with Gasteiger partial charge in [-0.2, -0.15) is 0 Å². The number of nitrogens with zero attached hydrogens (tertiary/aromatic N) is 1. The smallest absolute Gasteiger partial charge is 0.124 e. The fraction of sp³-hybridized carbons (Fsp3) is 0.647. The lowest BCUT2D eigenvalue weighted by Crippen LogP contribution is -2.36. The van der Waals surface area contributed by atoms with Gasteiger partial charge in [0.05, 0.1) is 32.1 Å². The first-order valence-electron chi connectivity index (χ1n) is 7.93. The van der Waals surface area contributed by atoms with Crippen molar-refractivity contribution in [2.24, 2.45) is 11.8 Å². The molecule has 1 fully saturated rings. The van der Waals surface area contributed by atoms with E-state index in [0.29, 0.717) is 0 Å². The molecule has 1 heterocycles. The van der Waals surface area contributed by atoms with E-state index >= 15 is 0 Å². The Balaban J connectivity index is 0.000000220. The highest BCUT2D eigenvalue weighted by Gasteiger charge is 2.37. The third kappa shape index (κ3) is 5.71. The Kier molecular flexibility index (Phi) is 6.59. The Morgan fingerprint density at radius 3 is 1.77 bits per heavy atom. The van der Waals surface area contributed by atoms with Gasteiger partial charge in [0.2, 0.25) is 0 Å². The molecule has 1 aliphatic heterocycles. The molecule has 0 aliphatic carbocycles. The summed E-state index contributed by atoms with van der Waals surface area (Å²) in [6.45, 7) is 9.28. The van der Waals surface area contributed by atoms with Crippen LogP contribution in [-0.2, 0) is 10.1 Å². The van der Waals surface area contributed by atoms with Gasteiger partial charge in [-0.1, -0.05) is 31.5 Å². The van der Waals surface area contributed by atoms with Crippen LogP contribution in [0.3, 0.4) is 0 Å². The maximum atomic E-state index is 10.4. The lowest BCUT2D eigenvalue weighted by molar-refractivity contribution is -0.880. The zero-order valence-electron chi connectivity index (χ0n) is 14.4. The van der Waals surface area contributed by atoms with Crippen LogP contribution in [0.1, 0.15) is 32.3 Å². The van der Waals surface area contributed by atoms with E-state index in [2.05, 4.69) is 27.9 Å². The summed E-state index contributed by atoms with van der Waals surface area (Å²) in [5.74, 6) is 1.99. The van der Waals surface area contributed by atoms with Gasteiger partial charge in [-0.15, -0.1) is 0 Å². The van der Waals surface area contributed by atoms with Gasteiger partial charge >= 0.3 is 0 Å². The molecule has 1 aliphatic rings. The second-order valence-corrected chi connectivity index (χ2v) is 8.28. The van der Waals surface area contributed by atoms with Crippen molar-refractivity contribution >= 4 is 10.1 Å². The largest absolute Gasteiger partial charge is 0.744 e. The van der Waals surface area contributed by atoms with Crippen LogP contribution in [0, 0.1) is 18.8 Å². The second kappa shape index (κ2) is 7.57. The number of aryl methyl sites for hydroxylation is 1. The zero-order valence-corrected chi connectivity index (χ0v) is 15.2. The van der Waals surface area contributed by atoms with Crippen molar-refractivity contribution in [3.63, 3.8) is 0 Å². The Morgan fingerprint density at radius 1 is 1.05 bits per heavy atom. The van der Waals surface area contributed by atoms with Gasteiger partial charge in [-0.25, -0.2) is 8.42 Å². The first kappa shape index (κ1) is 19.1. The van der Waals surface area contributed by atoms with Crippen molar-refractivity contribution in [1.82, 2.24) is 0 Å². The summed E-state index contributed by atoms with van der Waals surface area (Å²) in [6, 6.07) is 5.78. The quantitative estimate of drug-likeness (QED) is 0.633. The lowest BCUT2D eigenvalue weighted by Gasteiger charge is -2.23. The summed E-state index contributed by atoms with van der Waals surface area (Å²) in [4.78, 5) is -0.178. The van der Waals surface area contributed by atoms with Gasteiger partial charge in [0.1, 0.15) is 10.1 Å². The first-order chi connectivity index (χ1) is 10.1. The van der Waals surface area contributed by atoms with E-state index in [-0.39, 0.29) is 4.90 Å². The van der Waals surface area contributed by atoms with E-state index in [9.17, 15) is 13.0 Å². The van der Waals surface area contributed by atoms with Crippen molar-refractivity contribution < 1.29 is 17.5 Å². The Bertz CT molecular complexity index is 550. The predicted molar refractivity (Wildman–Crippen MR) is 88.5 cm³/mol. The summed E-state index contributed by atoms with van der Waals surface area (Å²) in [5, 5.41) is 0. The van der Waals surface area contributed by atoms with E-state index in [1.54, 1.807) is 12.1 Å². The molecule has 0 amide bonds. The van der Waals surface area contributed by atoms with Gasteiger partial charge < -0.3 is 9.04 Å². The normalized spacial score (nSPS) is 23.7. The summed E-state index contributed by atoms with van der Waals surface area (Å²) < 4.78 is 32.4. The minimum absolute atomic E-state index is 0.178. The maximum absolute atomic E-state index is 10.4. The molecule has 1 aromatic rings. The van der Waals surface area contributed by atoms with Crippen LogP contribution in [0.5, 0.6) is 0 Å².